The molecule has 0 aliphatic carbocycles. The first kappa shape index (κ1) is 11.7. The van der Waals surface area contributed by atoms with Gasteiger partial charge in [-0.25, -0.2) is 0 Å². The van der Waals surface area contributed by atoms with Crippen molar-refractivity contribution in [1.82, 2.24) is 4.90 Å². The van der Waals surface area contributed by atoms with Crippen molar-refractivity contribution < 1.29 is 9.47 Å². The fraction of sp³-hybridized carbons (Fsp3) is 0.462. The summed E-state index contributed by atoms with van der Waals surface area (Å²) < 4.78 is 11.1. The average molecular weight is 232 g/mol. The van der Waals surface area contributed by atoms with E-state index in [4.69, 9.17) is 14.7 Å². The molecule has 0 spiro atoms. The lowest BCUT2D eigenvalue weighted by molar-refractivity contribution is 0.199. The van der Waals surface area contributed by atoms with E-state index >= 15 is 0 Å². The van der Waals surface area contributed by atoms with Gasteiger partial charge in [0.1, 0.15) is 12.2 Å². The molecule has 0 bridgehead atoms. The van der Waals surface area contributed by atoms with Crippen LogP contribution in [0.1, 0.15) is 12.0 Å². The number of likely N-dealkylation sites (N-methyl/N-ethyl adjacent to an activating group) is 1. The van der Waals surface area contributed by atoms with Gasteiger partial charge < -0.3 is 14.4 Å². The summed E-state index contributed by atoms with van der Waals surface area (Å²) in [6.45, 7) is 1.92. The molecule has 17 heavy (non-hydrogen) atoms. The maximum Gasteiger partial charge on any atom is 0.179 e. The van der Waals surface area contributed by atoms with Gasteiger partial charge >= 0.3 is 0 Å². The SMILES string of the molecule is COc1cccc(C#N)c1OC1CCN(C)C1. The number of hydrogen-bond acceptors (Lipinski definition) is 4. The average Bonchev–Trinajstić information content (AvgIpc) is 2.75. The van der Waals surface area contributed by atoms with Crippen molar-refractivity contribution in [2.75, 3.05) is 27.2 Å². The zero-order valence-electron chi connectivity index (χ0n) is 10.1. The van der Waals surface area contributed by atoms with Crippen LogP contribution < -0.4 is 9.47 Å². The summed E-state index contributed by atoms with van der Waals surface area (Å²) in [6.07, 6.45) is 1.13. The first-order valence-corrected chi connectivity index (χ1v) is 5.67. The lowest BCUT2D eigenvalue weighted by Gasteiger charge is -2.17. The Kier molecular flexibility index (Phi) is 3.50. The number of methoxy groups -OCH3 is 1. The van der Waals surface area contributed by atoms with E-state index in [0.717, 1.165) is 19.5 Å². The second kappa shape index (κ2) is 5.07. The Balaban J connectivity index is 2.22. The predicted octanol–water partition coefficient (Wildman–Crippen LogP) is 1.65. The molecule has 0 saturated carbocycles. The van der Waals surface area contributed by atoms with Gasteiger partial charge in [0.2, 0.25) is 0 Å². The largest absolute Gasteiger partial charge is 0.493 e. The first-order chi connectivity index (χ1) is 8.24. The number of likely N-dealkylation sites (tertiary alicyclic amines) is 1. The van der Waals surface area contributed by atoms with Crippen molar-refractivity contribution in [3.63, 3.8) is 0 Å². The minimum Gasteiger partial charge on any atom is -0.493 e. The number of para-hydroxylation sites is 1. The van der Waals surface area contributed by atoms with Crippen LogP contribution in [0.2, 0.25) is 0 Å². The predicted molar refractivity (Wildman–Crippen MR) is 64.2 cm³/mol. The molecule has 0 amide bonds. The number of ether oxygens (including phenoxy) is 2. The van der Waals surface area contributed by atoms with Crippen LogP contribution in [-0.2, 0) is 0 Å². The summed E-state index contributed by atoms with van der Waals surface area (Å²) >= 11 is 0. The molecule has 1 heterocycles. The molecule has 1 aliphatic rings. The van der Waals surface area contributed by atoms with Gasteiger partial charge in [0, 0.05) is 13.1 Å². The molecule has 1 saturated heterocycles. The van der Waals surface area contributed by atoms with Gasteiger partial charge in [0.05, 0.1) is 12.7 Å². The van der Waals surface area contributed by atoms with Crippen molar-refractivity contribution in [2.24, 2.45) is 0 Å². The van der Waals surface area contributed by atoms with E-state index in [-0.39, 0.29) is 6.10 Å². The number of nitriles is 1. The van der Waals surface area contributed by atoms with Crippen molar-refractivity contribution in [3.05, 3.63) is 23.8 Å². The number of nitrogens with zero attached hydrogens (tertiary/aromatic N) is 2. The van der Waals surface area contributed by atoms with E-state index in [0.29, 0.717) is 17.1 Å². The Labute approximate surface area is 101 Å². The van der Waals surface area contributed by atoms with Gasteiger partial charge in [-0.05, 0) is 25.6 Å². The molecule has 90 valence electrons. The van der Waals surface area contributed by atoms with E-state index in [9.17, 15) is 0 Å². The van der Waals surface area contributed by atoms with Gasteiger partial charge in [0.25, 0.3) is 0 Å². The molecule has 4 heteroatoms. The summed E-state index contributed by atoms with van der Waals surface area (Å²) in [5.74, 6) is 1.19. The number of rotatable bonds is 3. The van der Waals surface area contributed by atoms with E-state index in [2.05, 4.69) is 18.0 Å². The Morgan fingerprint density at radius 3 is 2.88 bits per heavy atom. The fourth-order valence-electron chi connectivity index (χ4n) is 2.04. The van der Waals surface area contributed by atoms with Crippen LogP contribution in [0.25, 0.3) is 0 Å². The van der Waals surface area contributed by atoms with E-state index in [1.54, 1.807) is 19.2 Å². The van der Waals surface area contributed by atoms with Gasteiger partial charge in [-0.1, -0.05) is 6.07 Å². The van der Waals surface area contributed by atoms with E-state index in [1.807, 2.05) is 6.07 Å². The third kappa shape index (κ3) is 2.51. The summed E-state index contributed by atoms with van der Waals surface area (Å²) in [4.78, 5) is 2.21. The highest BCUT2D eigenvalue weighted by Crippen LogP contribution is 2.32. The second-order valence-electron chi connectivity index (χ2n) is 4.24. The maximum absolute atomic E-state index is 9.07. The molecule has 1 aromatic carbocycles. The highest BCUT2D eigenvalue weighted by atomic mass is 16.5. The molecular weight excluding hydrogens is 216 g/mol. The van der Waals surface area contributed by atoms with Gasteiger partial charge in [-0.15, -0.1) is 0 Å². The fourth-order valence-corrected chi connectivity index (χ4v) is 2.04. The Bertz CT molecular complexity index is 440. The Morgan fingerprint density at radius 1 is 1.47 bits per heavy atom. The van der Waals surface area contributed by atoms with Crippen LogP contribution in [0, 0.1) is 11.3 Å². The third-order valence-corrected chi connectivity index (χ3v) is 2.95. The molecule has 1 atom stereocenters. The monoisotopic (exact) mass is 232 g/mol. The highest BCUT2D eigenvalue weighted by Gasteiger charge is 2.23. The molecular formula is C13H16N2O2. The number of hydrogen-bond donors (Lipinski definition) is 0. The molecule has 1 aliphatic heterocycles. The zero-order valence-corrected chi connectivity index (χ0v) is 10.1. The lowest BCUT2D eigenvalue weighted by atomic mass is 10.2. The van der Waals surface area contributed by atoms with Crippen LogP contribution in [0.5, 0.6) is 11.5 Å². The molecule has 0 N–H and O–H groups in total. The molecule has 2 rings (SSSR count). The van der Waals surface area contributed by atoms with Crippen molar-refractivity contribution in [2.45, 2.75) is 12.5 Å². The van der Waals surface area contributed by atoms with Crippen molar-refractivity contribution >= 4 is 0 Å². The van der Waals surface area contributed by atoms with Gasteiger partial charge in [-0.2, -0.15) is 5.26 Å². The summed E-state index contributed by atoms with van der Waals surface area (Å²) in [5, 5.41) is 9.07. The van der Waals surface area contributed by atoms with Crippen LogP contribution in [0.4, 0.5) is 0 Å². The molecule has 0 aromatic heterocycles. The van der Waals surface area contributed by atoms with Crippen LogP contribution in [-0.4, -0.2) is 38.3 Å². The third-order valence-electron chi connectivity index (χ3n) is 2.95. The quantitative estimate of drug-likeness (QED) is 0.795. The van der Waals surface area contributed by atoms with E-state index < -0.39 is 0 Å². The Hall–Kier alpha value is -1.73. The molecule has 1 unspecified atom stereocenters. The molecule has 1 aromatic rings. The Morgan fingerprint density at radius 2 is 2.29 bits per heavy atom. The van der Waals surface area contributed by atoms with Crippen molar-refractivity contribution in [1.29, 1.82) is 5.26 Å². The normalized spacial score (nSPS) is 19.9. The van der Waals surface area contributed by atoms with Gasteiger partial charge in [-0.3, -0.25) is 0 Å². The van der Waals surface area contributed by atoms with Crippen LogP contribution >= 0.6 is 0 Å². The highest BCUT2D eigenvalue weighted by molar-refractivity contribution is 5.52. The first-order valence-electron chi connectivity index (χ1n) is 5.67. The van der Waals surface area contributed by atoms with Gasteiger partial charge in [0.15, 0.2) is 11.5 Å². The summed E-state index contributed by atoms with van der Waals surface area (Å²) in [5.41, 5.74) is 0.527. The topological polar surface area (TPSA) is 45.5 Å². The second-order valence-corrected chi connectivity index (χ2v) is 4.24. The zero-order chi connectivity index (χ0) is 12.3. The lowest BCUT2D eigenvalue weighted by Crippen LogP contribution is -2.22. The number of benzene rings is 1. The molecule has 1 fully saturated rings. The van der Waals surface area contributed by atoms with Crippen molar-refractivity contribution in [3.8, 4) is 17.6 Å². The smallest absolute Gasteiger partial charge is 0.179 e. The van der Waals surface area contributed by atoms with Crippen LogP contribution in [0.3, 0.4) is 0 Å². The summed E-state index contributed by atoms with van der Waals surface area (Å²) in [6, 6.07) is 7.49. The van der Waals surface area contributed by atoms with Crippen LogP contribution in [0.15, 0.2) is 18.2 Å². The van der Waals surface area contributed by atoms with E-state index in [1.165, 1.54) is 0 Å². The molecule has 4 nitrogen and oxygen atoms in total. The maximum atomic E-state index is 9.07. The standard InChI is InChI=1S/C13H16N2O2/c1-15-7-6-11(9-15)17-13-10(8-14)4-3-5-12(13)16-2/h3-5,11H,6-7,9H2,1-2H3. The minimum absolute atomic E-state index is 0.142. The molecule has 0 radical (unpaired) electrons. The summed E-state index contributed by atoms with van der Waals surface area (Å²) in [7, 11) is 3.65. The minimum atomic E-state index is 0.142.